The van der Waals surface area contributed by atoms with Gasteiger partial charge in [0.05, 0.1) is 12.2 Å². The highest BCUT2D eigenvalue weighted by Crippen LogP contribution is 2.24. The molecule has 5 nitrogen and oxygen atoms in total. The first-order valence-electron chi connectivity index (χ1n) is 4.86. The Bertz CT molecular complexity index is 335. The smallest absolute Gasteiger partial charge is 0.338 e. The van der Waals surface area contributed by atoms with E-state index in [2.05, 4.69) is 0 Å². The zero-order chi connectivity index (χ0) is 12.6. The van der Waals surface area contributed by atoms with Gasteiger partial charge in [-0.1, -0.05) is 0 Å². The van der Waals surface area contributed by atoms with E-state index in [0.29, 0.717) is 0 Å². The van der Waals surface area contributed by atoms with Crippen molar-refractivity contribution in [2.24, 2.45) is 0 Å². The van der Waals surface area contributed by atoms with Gasteiger partial charge in [0.25, 0.3) is 0 Å². The highest BCUT2D eigenvalue weighted by molar-refractivity contribution is 5.90. The van der Waals surface area contributed by atoms with Gasteiger partial charge in [0.15, 0.2) is 11.5 Å². The molecule has 0 aliphatic carbocycles. The molecule has 0 aromatic heterocycles. The summed E-state index contributed by atoms with van der Waals surface area (Å²) < 4.78 is 4.69. The number of phenolic OH excluding ortho intramolecular Hbond substituents is 2. The van der Waals surface area contributed by atoms with E-state index in [-0.39, 0.29) is 30.3 Å². The Morgan fingerprint density at radius 2 is 1.81 bits per heavy atom. The number of esters is 1. The lowest BCUT2D eigenvalue weighted by Crippen LogP contribution is -2.03. The van der Waals surface area contributed by atoms with Crippen molar-refractivity contribution < 1.29 is 24.9 Å². The van der Waals surface area contributed by atoms with Crippen LogP contribution in [0.15, 0.2) is 18.2 Å². The molecule has 16 heavy (non-hydrogen) atoms. The summed E-state index contributed by atoms with van der Waals surface area (Å²) in [6, 6.07) is 3.78. The van der Waals surface area contributed by atoms with Gasteiger partial charge in [-0.2, -0.15) is 0 Å². The third-order valence-corrected chi connectivity index (χ3v) is 1.49. The molecule has 0 aliphatic rings. The minimum Gasteiger partial charge on any atom is -0.504 e. The van der Waals surface area contributed by atoms with Crippen LogP contribution in [0.5, 0.6) is 11.5 Å². The molecule has 0 fully saturated rings. The summed E-state index contributed by atoms with van der Waals surface area (Å²) >= 11 is 0. The molecule has 0 bridgehead atoms. The lowest BCUT2D eigenvalue weighted by molar-refractivity contribution is 0.0526. The molecule has 1 aromatic rings. The number of hydrogen-bond donors (Lipinski definition) is 3. The van der Waals surface area contributed by atoms with Crippen LogP contribution in [-0.4, -0.2) is 34.5 Å². The zero-order valence-electron chi connectivity index (χ0n) is 9.30. The predicted octanol–water partition coefficient (Wildman–Crippen LogP) is 1.27. The molecule has 5 heteroatoms. The second-order valence-corrected chi connectivity index (χ2v) is 2.74. The first-order chi connectivity index (χ1) is 7.56. The van der Waals surface area contributed by atoms with E-state index in [9.17, 15) is 4.79 Å². The number of carbonyl (C=O) groups excluding carboxylic acids is 1. The number of phenols is 2. The quantitative estimate of drug-likeness (QED) is 0.524. The van der Waals surface area contributed by atoms with Gasteiger partial charge in [-0.05, 0) is 32.0 Å². The van der Waals surface area contributed by atoms with Crippen LogP contribution >= 0.6 is 0 Å². The van der Waals surface area contributed by atoms with Crippen molar-refractivity contribution in [3.63, 3.8) is 0 Å². The third kappa shape index (κ3) is 4.65. The monoisotopic (exact) mass is 228 g/mol. The van der Waals surface area contributed by atoms with Crippen molar-refractivity contribution in [1.29, 1.82) is 0 Å². The molecule has 0 aliphatic heterocycles. The number of benzene rings is 1. The summed E-state index contributed by atoms with van der Waals surface area (Å²) in [5.74, 6) is -1.10. The van der Waals surface area contributed by atoms with Crippen LogP contribution in [0.1, 0.15) is 24.2 Å². The third-order valence-electron chi connectivity index (χ3n) is 1.49. The summed E-state index contributed by atoms with van der Waals surface area (Å²) in [5.41, 5.74) is 0.220. The summed E-state index contributed by atoms with van der Waals surface area (Å²) in [4.78, 5) is 11.1. The Morgan fingerprint density at radius 1 is 1.25 bits per heavy atom. The van der Waals surface area contributed by atoms with Gasteiger partial charge in [-0.15, -0.1) is 0 Å². The van der Waals surface area contributed by atoms with Gasteiger partial charge in [-0.3, -0.25) is 0 Å². The van der Waals surface area contributed by atoms with Crippen LogP contribution in [0.3, 0.4) is 0 Å². The van der Waals surface area contributed by atoms with E-state index in [1.54, 1.807) is 13.8 Å². The molecular weight excluding hydrogens is 212 g/mol. The van der Waals surface area contributed by atoms with E-state index < -0.39 is 5.97 Å². The molecule has 1 rings (SSSR count). The number of hydrogen-bond acceptors (Lipinski definition) is 5. The molecule has 0 saturated heterocycles. The topological polar surface area (TPSA) is 87.0 Å². The van der Waals surface area contributed by atoms with Gasteiger partial charge < -0.3 is 20.1 Å². The number of aliphatic hydroxyl groups is 1. The number of ether oxygens (including phenoxy) is 1. The Balaban J connectivity index is 0.000000673. The molecule has 0 atom stereocenters. The molecule has 90 valence electrons. The Labute approximate surface area is 93.9 Å². The second-order valence-electron chi connectivity index (χ2n) is 2.74. The fourth-order valence-electron chi connectivity index (χ4n) is 0.865. The first kappa shape index (κ1) is 14.2. The Morgan fingerprint density at radius 3 is 2.25 bits per heavy atom. The average Bonchev–Trinajstić information content (AvgIpc) is 2.23. The van der Waals surface area contributed by atoms with Crippen LogP contribution in [0.4, 0.5) is 0 Å². The molecule has 0 unspecified atom stereocenters. The number of aromatic hydroxyl groups is 2. The van der Waals surface area contributed by atoms with Crippen LogP contribution in [0.2, 0.25) is 0 Å². The number of carbonyl (C=O) groups is 1. The van der Waals surface area contributed by atoms with Gasteiger partial charge in [-0.25, -0.2) is 4.79 Å². The predicted molar refractivity (Wildman–Crippen MR) is 58.5 cm³/mol. The van der Waals surface area contributed by atoms with E-state index >= 15 is 0 Å². The van der Waals surface area contributed by atoms with Crippen LogP contribution in [-0.2, 0) is 4.74 Å². The van der Waals surface area contributed by atoms with Crippen molar-refractivity contribution in [2.45, 2.75) is 13.8 Å². The maximum absolute atomic E-state index is 11.1. The van der Waals surface area contributed by atoms with Gasteiger partial charge in [0, 0.05) is 6.61 Å². The standard InChI is InChI=1S/C9H10O4.C2H6O/c1-2-13-9(12)6-3-4-7(10)8(11)5-6;1-2-3/h3-5,10-11H,2H2,1H3;3H,2H2,1H3. The number of aliphatic hydroxyl groups excluding tert-OH is 1. The van der Waals surface area contributed by atoms with Gasteiger partial charge in [0.1, 0.15) is 0 Å². The zero-order valence-corrected chi connectivity index (χ0v) is 9.30. The van der Waals surface area contributed by atoms with Crippen LogP contribution in [0, 0.1) is 0 Å². The van der Waals surface area contributed by atoms with Crippen molar-refractivity contribution in [2.75, 3.05) is 13.2 Å². The number of rotatable bonds is 2. The summed E-state index contributed by atoms with van der Waals surface area (Å²) in [5, 5.41) is 25.6. The van der Waals surface area contributed by atoms with Crippen molar-refractivity contribution in [3.05, 3.63) is 23.8 Å². The summed E-state index contributed by atoms with van der Waals surface area (Å²) in [7, 11) is 0. The van der Waals surface area contributed by atoms with Crippen LogP contribution < -0.4 is 0 Å². The Hall–Kier alpha value is -1.75. The Kier molecular flexibility index (Phi) is 6.71. The second kappa shape index (κ2) is 7.53. The van der Waals surface area contributed by atoms with Crippen molar-refractivity contribution in [1.82, 2.24) is 0 Å². The van der Waals surface area contributed by atoms with Gasteiger partial charge >= 0.3 is 5.97 Å². The molecule has 3 N–H and O–H groups in total. The lowest BCUT2D eigenvalue weighted by atomic mass is 10.2. The minimum absolute atomic E-state index is 0.220. The maximum atomic E-state index is 11.1. The normalized spacial score (nSPS) is 8.94. The van der Waals surface area contributed by atoms with Crippen molar-refractivity contribution >= 4 is 5.97 Å². The van der Waals surface area contributed by atoms with E-state index in [4.69, 9.17) is 20.1 Å². The SMILES string of the molecule is CCO.CCOC(=O)c1ccc(O)c(O)c1. The van der Waals surface area contributed by atoms with E-state index in [0.717, 1.165) is 6.07 Å². The highest BCUT2D eigenvalue weighted by Gasteiger charge is 2.08. The first-order valence-corrected chi connectivity index (χ1v) is 4.86. The maximum Gasteiger partial charge on any atom is 0.338 e. The lowest BCUT2D eigenvalue weighted by Gasteiger charge is -2.02. The fraction of sp³-hybridized carbons (Fsp3) is 0.364. The summed E-state index contributed by atoms with van der Waals surface area (Å²) in [6.07, 6.45) is 0. The van der Waals surface area contributed by atoms with E-state index in [1.165, 1.54) is 12.1 Å². The molecule has 0 heterocycles. The molecule has 0 amide bonds. The molecule has 0 radical (unpaired) electrons. The minimum atomic E-state index is -0.516. The van der Waals surface area contributed by atoms with Crippen LogP contribution in [0.25, 0.3) is 0 Å². The fourth-order valence-corrected chi connectivity index (χ4v) is 0.865. The van der Waals surface area contributed by atoms with Crippen molar-refractivity contribution in [3.8, 4) is 11.5 Å². The molecular formula is C11H16O5. The molecule has 0 saturated carbocycles. The molecule has 1 aromatic carbocycles. The van der Waals surface area contributed by atoms with Gasteiger partial charge in [0.2, 0.25) is 0 Å². The highest BCUT2D eigenvalue weighted by atomic mass is 16.5. The largest absolute Gasteiger partial charge is 0.504 e. The van der Waals surface area contributed by atoms with E-state index in [1.807, 2.05) is 0 Å². The summed E-state index contributed by atoms with van der Waals surface area (Å²) in [6.45, 7) is 3.90. The average molecular weight is 228 g/mol. The molecule has 0 spiro atoms.